The van der Waals surface area contributed by atoms with E-state index in [0.29, 0.717) is 0 Å². The van der Waals surface area contributed by atoms with E-state index in [4.69, 9.17) is 9.14 Å². The molecule has 0 heterocycles. The Kier molecular flexibility index (Phi) is 9.11. The predicted octanol–water partition coefficient (Wildman–Crippen LogP) is 3.20. The maximum absolute atomic E-state index is 11.2. The predicted molar refractivity (Wildman–Crippen MR) is 163 cm³/mol. The van der Waals surface area contributed by atoms with Crippen LogP contribution in [0.25, 0.3) is 0 Å². The summed E-state index contributed by atoms with van der Waals surface area (Å²) in [5.74, 6) is -0.524. The van der Waals surface area contributed by atoms with Crippen LogP contribution in [0.1, 0.15) is 79.0 Å². The van der Waals surface area contributed by atoms with Crippen LogP contribution in [0.5, 0.6) is 17.2 Å². The lowest BCUT2D eigenvalue weighted by Gasteiger charge is -2.25. The summed E-state index contributed by atoms with van der Waals surface area (Å²) < 4.78 is 11.8. The first kappa shape index (κ1) is 31.6. The summed E-state index contributed by atoms with van der Waals surface area (Å²) in [4.78, 5) is 0. The van der Waals surface area contributed by atoms with Gasteiger partial charge in [-0.1, -0.05) is 98.7 Å². The molecule has 0 radical (unpaired) electrons. The van der Waals surface area contributed by atoms with Crippen LogP contribution in [-0.2, 0) is 25.4 Å². The lowest BCUT2D eigenvalue weighted by molar-refractivity contribution is 0.352. The van der Waals surface area contributed by atoms with Gasteiger partial charge in [0, 0.05) is 16.4 Å². The molecule has 10 heteroatoms. The highest BCUT2D eigenvalue weighted by Gasteiger charge is 2.38. The highest BCUT2D eigenvalue weighted by molar-refractivity contribution is 6.80. The quantitative estimate of drug-likeness (QED) is 0.289. The number of phenolic OH excluding ortho intramolecular Hbond substituents is 3. The third-order valence-electron chi connectivity index (χ3n) is 6.97. The van der Waals surface area contributed by atoms with Crippen molar-refractivity contribution in [3.63, 3.8) is 0 Å². The molecule has 0 fully saturated rings. The van der Waals surface area contributed by atoms with Gasteiger partial charge >= 0.3 is 21.4 Å². The summed E-state index contributed by atoms with van der Waals surface area (Å²) in [6, 6.07) is 14.8. The minimum absolute atomic E-state index is 0.111. The third-order valence-corrected chi connectivity index (χ3v) is 6.97. The van der Waals surface area contributed by atoms with Gasteiger partial charge in [0.05, 0.1) is 0 Å². The van der Waals surface area contributed by atoms with Crippen molar-refractivity contribution in [2.45, 2.75) is 78.6 Å². The molecule has 0 atom stereocenters. The van der Waals surface area contributed by atoms with E-state index in [1.165, 1.54) is 18.2 Å². The highest BCUT2D eigenvalue weighted by atomic mass is 16.6. The average Bonchev–Trinajstić information content (AvgIpc) is 2.82. The van der Waals surface area contributed by atoms with Crippen LogP contribution >= 0.6 is 0 Å². The second kappa shape index (κ2) is 11.5. The van der Waals surface area contributed by atoms with Gasteiger partial charge in [0.25, 0.3) is 0 Å². The molecule has 0 bridgehead atoms. The van der Waals surface area contributed by atoms with Crippen molar-refractivity contribution in [3.8, 4) is 17.2 Å². The zero-order valence-electron chi connectivity index (χ0n) is 25.0. The molecular weight excluding hydrogens is 505 g/mol. The van der Waals surface area contributed by atoms with Gasteiger partial charge in [-0.2, -0.15) is 0 Å². The molecule has 3 aromatic rings. The van der Waals surface area contributed by atoms with Crippen LogP contribution in [0.4, 0.5) is 0 Å². The maximum Gasteiger partial charge on any atom is 0.481 e. The minimum Gasteiger partial charge on any atom is -0.508 e. The van der Waals surface area contributed by atoms with Crippen molar-refractivity contribution in [3.05, 3.63) is 71.3 Å². The molecule has 212 valence electrons. The first-order valence-electron chi connectivity index (χ1n) is 13.5. The van der Waals surface area contributed by atoms with Crippen LogP contribution in [0.3, 0.4) is 0 Å². The van der Waals surface area contributed by atoms with E-state index in [9.17, 15) is 25.4 Å². The molecular formula is C30H41B3O7. The average molecular weight is 546 g/mol. The van der Waals surface area contributed by atoms with E-state index in [2.05, 4.69) is 0 Å². The molecule has 0 aliphatic heterocycles. The molecule has 3 rings (SSSR count). The van der Waals surface area contributed by atoms with Crippen molar-refractivity contribution in [1.82, 2.24) is 0 Å². The van der Waals surface area contributed by atoms with E-state index in [1.54, 1.807) is 36.4 Å². The summed E-state index contributed by atoms with van der Waals surface area (Å²) in [6.45, 7) is 18.1. The van der Waals surface area contributed by atoms with Gasteiger partial charge in [0.15, 0.2) is 0 Å². The van der Waals surface area contributed by atoms with Gasteiger partial charge in [0.2, 0.25) is 0 Å². The molecule has 0 aliphatic rings. The van der Waals surface area contributed by atoms with Crippen LogP contribution in [0, 0.1) is 0 Å². The smallest absolute Gasteiger partial charge is 0.481 e. The number of benzene rings is 3. The minimum atomic E-state index is -1.67. The van der Waals surface area contributed by atoms with Crippen LogP contribution in [0.2, 0.25) is 0 Å². The Hall–Kier alpha value is -2.91. The van der Waals surface area contributed by atoms with Crippen molar-refractivity contribution >= 4 is 37.7 Å². The lowest BCUT2D eigenvalue weighted by Crippen LogP contribution is -2.52. The van der Waals surface area contributed by atoms with Crippen molar-refractivity contribution in [1.29, 1.82) is 0 Å². The van der Waals surface area contributed by atoms with E-state index in [1.807, 2.05) is 62.3 Å². The van der Waals surface area contributed by atoms with Crippen LogP contribution < -0.4 is 16.4 Å². The number of hydrogen-bond acceptors (Lipinski definition) is 7. The summed E-state index contributed by atoms with van der Waals surface area (Å²) in [7, 11) is -4.83. The van der Waals surface area contributed by atoms with Crippen LogP contribution in [0.15, 0.2) is 54.6 Å². The molecule has 0 aliphatic carbocycles. The van der Waals surface area contributed by atoms with Crippen LogP contribution in [-0.4, -0.2) is 46.7 Å². The SMILES string of the molecule is CC(C)(C)c1ccc(O)c(B(O)OB(OB(O)c2cc(C(C)(C)C)ccc2O)c2cc(C(C)(C)C)ccc2O)c1. The monoisotopic (exact) mass is 546 g/mol. The molecule has 0 spiro atoms. The first-order chi connectivity index (χ1) is 18.3. The van der Waals surface area contributed by atoms with Gasteiger partial charge in [-0.25, -0.2) is 0 Å². The molecule has 0 amide bonds. The number of phenols is 3. The van der Waals surface area contributed by atoms with Gasteiger partial charge in [-0.15, -0.1) is 0 Å². The van der Waals surface area contributed by atoms with Crippen molar-refractivity contribution < 1.29 is 34.5 Å². The van der Waals surface area contributed by atoms with Gasteiger partial charge < -0.3 is 34.5 Å². The lowest BCUT2D eigenvalue weighted by atomic mass is 9.65. The fourth-order valence-corrected chi connectivity index (χ4v) is 4.21. The molecule has 7 nitrogen and oxygen atoms in total. The Morgan fingerprint density at radius 1 is 0.475 bits per heavy atom. The molecule has 0 unspecified atom stereocenters. The Morgan fingerprint density at radius 2 is 0.750 bits per heavy atom. The Labute approximate surface area is 239 Å². The van der Waals surface area contributed by atoms with Crippen molar-refractivity contribution in [2.75, 3.05) is 0 Å². The molecule has 40 heavy (non-hydrogen) atoms. The highest BCUT2D eigenvalue weighted by Crippen LogP contribution is 2.26. The molecule has 0 aromatic heterocycles. The third kappa shape index (κ3) is 7.43. The number of aromatic hydroxyl groups is 3. The normalized spacial score (nSPS) is 12.4. The second-order valence-corrected chi connectivity index (χ2v) is 13.4. The largest absolute Gasteiger partial charge is 0.508 e. The standard InChI is InChI=1S/C30H41B3O7/c1-28(2,3)19-10-13-25(34)22(16-19)31(37)39-33(24-18-21(30(7,8)9)12-15-27(24)36)40-32(38)23-17-20(29(4,5)6)11-14-26(23)35/h10-18,34-38H,1-9H3. The number of hydrogen-bond donors (Lipinski definition) is 5. The zero-order chi connectivity index (χ0) is 30.2. The second-order valence-electron chi connectivity index (χ2n) is 13.4. The number of rotatable bonds is 7. The fraction of sp³-hybridized carbons (Fsp3) is 0.400. The Morgan fingerprint density at radius 3 is 1.05 bits per heavy atom. The zero-order valence-corrected chi connectivity index (χ0v) is 25.0. The Bertz CT molecular complexity index is 1270. The van der Waals surface area contributed by atoms with E-state index in [0.717, 1.165) is 16.7 Å². The fourth-order valence-electron chi connectivity index (χ4n) is 4.21. The van der Waals surface area contributed by atoms with Crippen molar-refractivity contribution in [2.24, 2.45) is 0 Å². The summed E-state index contributed by atoms with van der Waals surface area (Å²) >= 11 is 0. The van der Waals surface area contributed by atoms with E-state index >= 15 is 0 Å². The molecule has 3 aromatic carbocycles. The van der Waals surface area contributed by atoms with Gasteiger partial charge in [-0.3, -0.25) is 0 Å². The van der Waals surface area contributed by atoms with Gasteiger partial charge in [-0.05, 0) is 51.1 Å². The first-order valence-corrected chi connectivity index (χ1v) is 13.5. The Balaban J connectivity index is 2.08. The molecule has 5 N–H and O–H groups in total. The topological polar surface area (TPSA) is 120 Å². The summed E-state index contributed by atoms with van der Waals surface area (Å²) in [5, 5.41) is 54.2. The van der Waals surface area contributed by atoms with Gasteiger partial charge in [0.1, 0.15) is 17.2 Å². The maximum atomic E-state index is 11.2. The molecule has 0 saturated carbocycles. The summed E-state index contributed by atoms with van der Waals surface area (Å²) in [5.41, 5.74) is 2.16. The molecule has 0 saturated heterocycles. The van der Waals surface area contributed by atoms with E-state index < -0.39 is 21.4 Å². The summed E-state index contributed by atoms with van der Waals surface area (Å²) in [6.07, 6.45) is 0. The van der Waals surface area contributed by atoms with E-state index in [-0.39, 0.29) is 49.9 Å².